The monoisotopic (exact) mass is 507 g/mol. The lowest BCUT2D eigenvalue weighted by Crippen LogP contribution is -2.74. The van der Waals surface area contributed by atoms with E-state index < -0.39 is 28.7 Å². The molecule has 0 radical (unpaired) electrons. The number of nitrogen functional groups attached to an aromatic ring is 1. The molecule has 4 N–H and O–H groups in total. The molecule has 0 bridgehead atoms. The minimum atomic E-state index is -1.19. The fourth-order valence-corrected chi connectivity index (χ4v) is 6.68. The Hall–Kier alpha value is -3.16. The second-order valence-electron chi connectivity index (χ2n) is 7.34. The largest absolute Gasteiger partial charge is 0.481 e. The topological polar surface area (TPSA) is 193 Å². The Morgan fingerprint density at radius 3 is 2.94 bits per heavy atom. The molecule has 4 heterocycles. The van der Waals surface area contributed by atoms with Crippen LogP contribution in [0.3, 0.4) is 0 Å². The molecule has 4 rings (SSSR count). The number of carbonyl (C=O) groups excluding carboxylic acids is 2. The van der Waals surface area contributed by atoms with E-state index >= 15 is 0 Å². The van der Waals surface area contributed by atoms with Crippen molar-refractivity contribution in [2.24, 2.45) is 12.5 Å². The number of carboxylic acids is 1. The van der Waals surface area contributed by atoms with Crippen LogP contribution in [-0.2, 0) is 21.4 Å². The van der Waals surface area contributed by atoms with Crippen LogP contribution in [0.4, 0.5) is 5.13 Å². The van der Waals surface area contributed by atoms with Crippen LogP contribution in [-0.4, -0.2) is 82.4 Å². The zero-order valence-electron chi connectivity index (χ0n) is 17.0. The lowest BCUT2D eigenvalue weighted by molar-refractivity contribution is -0.157. The van der Waals surface area contributed by atoms with Crippen LogP contribution in [0.1, 0.15) is 5.69 Å². The number of nitrogens with one attached hydrogen (secondary N) is 1. The maximum atomic E-state index is 12.8. The minimum Gasteiger partial charge on any atom is -0.481 e. The van der Waals surface area contributed by atoms with Gasteiger partial charge in [0, 0.05) is 36.6 Å². The van der Waals surface area contributed by atoms with Crippen molar-refractivity contribution in [1.82, 2.24) is 35.4 Å². The number of amides is 2. The zero-order chi connectivity index (χ0) is 23.8. The first kappa shape index (κ1) is 23.0. The number of fused-ring (bicyclic) bond motifs is 1. The Morgan fingerprint density at radius 2 is 2.33 bits per heavy atom. The fraction of sp³-hybridized carbons (Fsp3) is 0.412. The summed E-state index contributed by atoms with van der Waals surface area (Å²) in [6.45, 7) is 0.00694. The zero-order valence-corrected chi connectivity index (χ0v) is 19.5. The smallest absolute Gasteiger partial charge is 0.313 e. The number of allylic oxidation sites excluding steroid dienone is 1. The molecule has 2 aliphatic rings. The van der Waals surface area contributed by atoms with Gasteiger partial charge in [-0.15, -0.1) is 28.2 Å². The van der Waals surface area contributed by atoms with Crippen molar-refractivity contribution < 1.29 is 19.5 Å². The molecule has 0 saturated carbocycles. The van der Waals surface area contributed by atoms with Gasteiger partial charge in [0.1, 0.15) is 16.8 Å². The average Bonchev–Trinajstić information content (AvgIpc) is 3.41. The van der Waals surface area contributed by atoms with E-state index in [1.54, 1.807) is 18.5 Å². The third-order valence-corrected chi connectivity index (χ3v) is 8.76. The number of hydrogen-bond donors (Lipinski definition) is 3. The first-order valence-corrected chi connectivity index (χ1v) is 12.3. The maximum absolute atomic E-state index is 12.8. The second-order valence-corrected chi connectivity index (χ2v) is 10.3. The first-order chi connectivity index (χ1) is 15.8. The van der Waals surface area contributed by atoms with E-state index in [4.69, 9.17) is 11.0 Å². The molecule has 16 heteroatoms. The lowest BCUT2D eigenvalue weighted by Gasteiger charge is -2.53. The van der Waals surface area contributed by atoms with E-state index in [1.165, 1.54) is 33.1 Å². The number of aliphatic carboxylic acids is 1. The van der Waals surface area contributed by atoms with Gasteiger partial charge in [0.15, 0.2) is 5.13 Å². The molecular formula is C17H17N9O4S3. The highest BCUT2D eigenvalue weighted by Gasteiger charge is 2.57. The van der Waals surface area contributed by atoms with Crippen molar-refractivity contribution in [1.29, 1.82) is 5.26 Å². The molecule has 0 spiro atoms. The second kappa shape index (κ2) is 9.00. The minimum absolute atomic E-state index is 0.00563. The number of rotatable bonds is 7. The summed E-state index contributed by atoms with van der Waals surface area (Å²) in [4.78, 5) is 43.2. The Bertz CT molecular complexity index is 1190. The summed E-state index contributed by atoms with van der Waals surface area (Å²) in [5, 5.41) is 34.6. The van der Waals surface area contributed by atoms with Crippen LogP contribution in [0.2, 0.25) is 0 Å². The van der Waals surface area contributed by atoms with E-state index in [2.05, 4.69) is 25.8 Å². The number of nitriles is 1. The number of tetrazole rings is 1. The van der Waals surface area contributed by atoms with Gasteiger partial charge in [-0.3, -0.25) is 14.4 Å². The van der Waals surface area contributed by atoms with E-state index in [0.717, 1.165) is 17.4 Å². The number of aryl methyl sites for hydroxylation is 1. The number of hydrogen-bond acceptors (Lipinski definition) is 12. The van der Waals surface area contributed by atoms with Crippen molar-refractivity contribution in [3.05, 3.63) is 17.2 Å². The number of thioether (sulfide) groups is 2. The predicted molar refractivity (Wildman–Crippen MR) is 120 cm³/mol. The molecule has 2 saturated heterocycles. The van der Waals surface area contributed by atoms with Gasteiger partial charge in [0.05, 0.1) is 17.3 Å². The Labute approximate surface area is 199 Å². The van der Waals surface area contributed by atoms with Crippen molar-refractivity contribution in [2.45, 2.75) is 16.6 Å². The normalized spacial score (nSPS) is 24.5. The number of carboxylic acid groups (broad SMARTS) is 1. The maximum Gasteiger partial charge on any atom is 0.313 e. The third kappa shape index (κ3) is 4.26. The van der Waals surface area contributed by atoms with Crippen LogP contribution in [0.25, 0.3) is 5.57 Å². The van der Waals surface area contributed by atoms with Crippen LogP contribution >= 0.6 is 34.9 Å². The highest BCUT2D eigenvalue weighted by Crippen LogP contribution is 2.44. The molecule has 2 fully saturated rings. The van der Waals surface area contributed by atoms with Gasteiger partial charge < -0.3 is 21.1 Å². The molecule has 13 nitrogen and oxygen atoms in total. The van der Waals surface area contributed by atoms with Crippen LogP contribution in [0, 0.1) is 16.7 Å². The van der Waals surface area contributed by atoms with Gasteiger partial charge in [-0.05, 0) is 10.4 Å². The molecule has 2 amide bonds. The van der Waals surface area contributed by atoms with Crippen molar-refractivity contribution in [3.63, 3.8) is 0 Å². The van der Waals surface area contributed by atoms with E-state index in [-0.39, 0.29) is 40.4 Å². The van der Waals surface area contributed by atoms with Crippen LogP contribution in [0.5, 0.6) is 0 Å². The number of nitrogens with two attached hydrogens (primary N) is 1. The molecule has 2 unspecified atom stereocenters. The number of thiazole rings is 1. The molecule has 0 aromatic carbocycles. The van der Waals surface area contributed by atoms with Gasteiger partial charge in [0.2, 0.25) is 11.1 Å². The Morgan fingerprint density at radius 1 is 1.55 bits per heavy atom. The summed E-state index contributed by atoms with van der Waals surface area (Å²) < 4.78 is 1.45. The van der Waals surface area contributed by atoms with Crippen molar-refractivity contribution >= 4 is 63.3 Å². The van der Waals surface area contributed by atoms with Gasteiger partial charge in [-0.25, -0.2) is 9.67 Å². The van der Waals surface area contributed by atoms with E-state index in [9.17, 15) is 19.5 Å². The molecule has 2 aromatic heterocycles. The summed E-state index contributed by atoms with van der Waals surface area (Å²) in [5.41, 5.74) is 4.68. The fourth-order valence-electron chi connectivity index (χ4n) is 3.40. The Balaban J connectivity index is 1.44. The SMILES string of the molecule is Cn1nnnc1SCC1(C(=O)O)CS[C@@H]2C(NC(=O)C(=CC#N)c3csc(N)n3)C(=O)N2C1. The van der Waals surface area contributed by atoms with Crippen molar-refractivity contribution in [3.8, 4) is 6.07 Å². The van der Waals surface area contributed by atoms with Gasteiger partial charge >= 0.3 is 5.97 Å². The first-order valence-electron chi connectivity index (χ1n) is 9.38. The summed E-state index contributed by atoms with van der Waals surface area (Å²) in [5.74, 6) is -1.61. The number of β-lactam (4-membered cyclic amide) rings is 1. The number of carbonyl (C=O) groups is 3. The quantitative estimate of drug-likeness (QED) is 0.187. The summed E-state index contributed by atoms with van der Waals surface area (Å²) in [6, 6.07) is 0.972. The average molecular weight is 508 g/mol. The molecule has 172 valence electrons. The van der Waals surface area contributed by atoms with Crippen molar-refractivity contribution in [2.75, 3.05) is 23.8 Å². The summed E-state index contributed by atoms with van der Waals surface area (Å²) in [6.07, 6.45) is 1.05. The summed E-state index contributed by atoms with van der Waals surface area (Å²) >= 11 is 3.62. The predicted octanol–water partition coefficient (Wildman–Crippen LogP) is -0.581. The Kier molecular flexibility index (Phi) is 6.28. The summed E-state index contributed by atoms with van der Waals surface area (Å²) in [7, 11) is 1.66. The number of nitrogens with zero attached hydrogens (tertiary/aromatic N) is 7. The third-order valence-electron chi connectivity index (χ3n) is 5.20. The highest BCUT2D eigenvalue weighted by atomic mass is 32.2. The highest BCUT2D eigenvalue weighted by molar-refractivity contribution is 8.00. The lowest BCUT2D eigenvalue weighted by atomic mass is 9.89. The number of aromatic nitrogens is 5. The van der Waals surface area contributed by atoms with Crippen LogP contribution < -0.4 is 11.1 Å². The van der Waals surface area contributed by atoms with Gasteiger partial charge in [-0.1, -0.05) is 11.8 Å². The molecular weight excluding hydrogens is 490 g/mol. The van der Waals surface area contributed by atoms with E-state index in [1.807, 2.05) is 0 Å². The van der Waals surface area contributed by atoms with E-state index in [0.29, 0.717) is 5.16 Å². The molecule has 3 atom stereocenters. The van der Waals surface area contributed by atoms with Crippen LogP contribution in [0.15, 0.2) is 16.6 Å². The molecule has 2 aromatic rings. The van der Waals surface area contributed by atoms with Gasteiger partial charge in [0.25, 0.3) is 5.91 Å². The molecule has 2 aliphatic heterocycles. The van der Waals surface area contributed by atoms with Gasteiger partial charge in [-0.2, -0.15) is 5.26 Å². The standard InChI is InChI=1S/C17H17N9O4S3/c1-25-16(22-23-24-25)33-7-17(14(29)30)5-26-12(28)10(13(26)32-6-17)21-11(27)8(2-3-18)9-4-31-15(19)20-9/h2,4,10,13H,5-7H2,1H3,(H2,19,20)(H,21,27)(H,29,30)/t10?,13-,17?/m1/s1. The molecule has 0 aliphatic carbocycles. The molecule has 33 heavy (non-hydrogen) atoms. The number of anilines is 1.